The zero-order valence-corrected chi connectivity index (χ0v) is 15.9. The average Bonchev–Trinajstić information content (AvgIpc) is 3.07. The van der Waals surface area contributed by atoms with E-state index in [0.29, 0.717) is 0 Å². The molecule has 3 aliphatic rings. The van der Waals surface area contributed by atoms with Crippen LogP contribution in [0.25, 0.3) is 5.52 Å². The van der Waals surface area contributed by atoms with Gasteiger partial charge in [0.05, 0.1) is 18.1 Å². The van der Waals surface area contributed by atoms with Crippen LogP contribution in [0.5, 0.6) is 0 Å². The van der Waals surface area contributed by atoms with Gasteiger partial charge in [-0.2, -0.15) is 18.2 Å². The van der Waals surface area contributed by atoms with Crippen LogP contribution in [-0.2, 0) is 15.7 Å². The molecule has 3 aliphatic carbocycles. The summed E-state index contributed by atoms with van der Waals surface area (Å²) in [6.07, 6.45) is 0.203. The molecule has 0 aromatic carbocycles. The summed E-state index contributed by atoms with van der Waals surface area (Å²) in [5.41, 5.74) is -0.667. The molecule has 0 radical (unpaired) electrons. The first-order valence-corrected chi connectivity index (χ1v) is 9.72. The number of esters is 1. The summed E-state index contributed by atoms with van der Waals surface area (Å²) in [6.45, 7) is 2.05. The number of halogens is 4. The number of hydrogen-bond donors (Lipinski definition) is 1. The maximum Gasteiger partial charge on any atom is 0.417 e. The molecule has 2 aromatic rings. The second-order valence-corrected chi connectivity index (χ2v) is 7.75. The van der Waals surface area contributed by atoms with Crippen molar-refractivity contribution < 1.29 is 22.7 Å². The van der Waals surface area contributed by atoms with Gasteiger partial charge in [0.25, 0.3) is 0 Å². The predicted molar refractivity (Wildman–Crippen MR) is 96.0 cm³/mol. The van der Waals surface area contributed by atoms with E-state index in [0.717, 1.165) is 42.5 Å². The van der Waals surface area contributed by atoms with Gasteiger partial charge in [0, 0.05) is 12.2 Å². The smallest absolute Gasteiger partial charge is 0.417 e. The molecule has 10 heteroatoms. The van der Waals surface area contributed by atoms with Crippen LogP contribution in [0, 0.1) is 17.8 Å². The lowest BCUT2D eigenvalue weighted by Gasteiger charge is -2.47. The third-order valence-electron chi connectivity index (χ3n) is 5.85. The molecule has 3 saturated carbocycles. The van der Waals surface area contributed by atoms with Gasteiger partial charge in [-0.1, -0.05) is 0 Å². The highest BCUT2D eigenvalue weighted by Gasteiger charge is 2.48. The van der Waals surface area contributed by atoms with Crippen molar-refractivity contribution in [2.24, 2.45) is 17.8 Å². The average molecular weight is 417 g/mol. The van der Waals surface area contributed by atoms with Gasteiger partial charge in [0.2, 0.25) is 5.28 Å². The van der Waals surface area contributed by atoms with Crippen molar-refractivity contribution >= 4 is 28.9 Å². The summed E-state index contributed by atoms with van der Waals surface area (Å²) in [4.78, 5) is 16.7. The molecule has 2 heterocycles. The SMILES string of the molecule is CCOC(=O)[C@H]1C2CCC(CC2)C1Nc1nc(Cl)nn2cc(C(F)(F)F)cc12. The van der Waals surface area contributed by atoms with Gasteiger partial charge >= 0.3 is 12.1 Å². The molecule has 2 aromatic heterocycles. The predicted octanol–water partition coefficient (Wildman–Crippen LogP) is 4.18. The van der Waals surface area contributed by atoms with Crippen molar-refractivity contribution in [3.05, 3.63) is 23.1 Å². The number of nitrogens with zero attached hydrogens (tertiary/aromatic N) is 3. The van der Waals surface area contributed by atoms with E-state index in [4.69, 9.17) is 16.3 Å². The molecule has 0 spiro atoms. The standard InChI is InChI=1S/C18H20ClF3N4O2/c1-2-28-16(27)13-9-3-5-10(6-4-9)14(13)23-15-12-7-11(18(20,21)22)8-26(12)25-17(19)24-15/h7-10,13-14H,2-6H2,1H3,(H,23,24,25)/t9?,10?,13-,14?/m0/s1. The van der Waals surface area contributed by atoms with Crippen molar-refractivity contribution in [2.75, 3.05) is 11.9 Å². The summed E-state index contributed by atoms with van der Waals surface area (Å²) in [6, 6.07) is 0.726. The molecular weight excluding hydrogens is 397 g/mol. The van der Waals surface area contributed by atoms with Gasteiger partial charge in [-0.3, -0.25) is 4.79 Å². The van der Waals surface area contributed by atoms with Gasteiger partial charge in [0.15, 0.2) is 5.82 Å². The Labute approximate surface area is 164 Å². The molecule has 28 heavy (non-hydrogen) atoms. The number of hydrogen-bond acceptors (Lipinski definition) is 5. The fraction of sp³-hybridized carbons (Fsp3) is 0.611. The van der Waals surface area contributed by atoms with E-state index in [1.165, 1.54) is 0 Å². The number of fused-ring (bicyclic) bond motifs is 4. The molecule has 5 rings (SSSR count). The largest absolute Gasteiger partial charge is 0.466 e. The van der Waals surface area contributed by atoms with Gasteiger partial charge in [0.1, 0.15) is 5.52 Å². The van der Waals surface area contributed by atoms with Crippen LogP contribution in [0.15, 0.2) is 12.3 Å². The first-order chi connectivity index (χ1) is 13.3. The molecule has 1 N–H and O–H groups in total. The van der Waals surface area contributed by atoms with Crippen LogP contribution in [-0.4, -0.2) is 33.2 Å². The summed E-state index contributed by atoms with van der Waals surface area (Å²) in [5, 5.41) is 6.89. The van der Waals surface area contributed by atoms with Gasteiger partial charge in [-0.05, 0) is 62.1 Å². The molecule has 1 unspecified atom stereocenters. The molecule has 6 nitrogen and oxygen atoms in total. The Morgan fingerprint density at radius 3 is 2.64 bits per heavy atom. The van der Waals surface area contributed by atoms with Crippen molar-refractivity contribution in [1.82, 2.24) is 14.6 Å². The number of ether oxygens (including phenoxy) is 1. The molecule has 2 bridgehead atoms. The maximum absolute atomic E-state index is 13.1. The van der Waals surface area contributed by atoms with Crippen molar-refractivity contribution in [2.45, 2.75) is 44.8 Å². The fourth-order valence-electron chi connectivity index (χ4n) is 4.63. The number of alkyl halides is 3. The minimum Gasteiger partial charge on any atom is -0.466 e. The Hall–Kier alpha value is -2.03. The molecule has 0 saturated heterocycles. The van der Waals surface area contributed by atoms with E-state index >= 15 is 0 Å². The first-order valence-electron chi connectivity index (χ1n) is 9.34. The Bertz CT molecular complexity index is 893. The molecule has 3 fully saturated rings. The van der Waals surface area contributed by atoms with Crippen LogP contribution in [0.1, 0.15) is 38.2 Å². The number of carbonyl (C=O) groups is 1. The van der Waals surface area contributed by atoms with Crippen molar-refractivity contribution in [1.29, 1.82) is 0 Å². The number of rotatable bonds is 4. The van der Waals surface area contributed by atoms with Crippen LogP contribution >= 0.6 is 11.6 Å². The highest BCUT2D eigenvalue weighted by atomic mass is 35.5. The lowest BCUT2D eigenvalue weighted by atomic mass is 9.61. The third kappa shape index (κ3) is 3.40. The summed E-state index contributed by atoms with van der Waals surface area (Å²) >= 11 is 5.94. The minimum atomic E-state index is -4.51. The minimum absolute atomic E-state index is 0.167. The van der Waals surface area contributed by atoms with Crippen LogP contribution in [0.4, 0.5) is 19.0 Å². The van der Waals surface area contributed by atoms with E-state index in [-0.39, 0.29) is 53.0 Å². The Kier molecular flexibility index (Phi) is 4.89. The zero-order chi connectivity index (χ0) is 20.1. The quantitative estimate of drug-likeness (QED) is 0.757. The topological polar surface area (TPSA) is 68.5 Å². The third-order valence-corrected chi connectivity index (χ3v) is 6.01. The second-order valence-electron chi connectivity index (χ2n) is 7.41. The maximum atomic E-state index is 13.1. The van der Waals surface area contributed by atoms with Crippen LogP contribution in [0.2, 0.25) is 5.28 Å². The molecule has 2 atom stereocenters. The number of carbonyl (C=O) groups excluding carboxylic acids is 1. The lowest BCUT2D eigenvalue weighted by molar-refractivity contribution is -0.154. The normalized spacial score (nSPS) is 27.2. The Morgan fingerprint density at radius 2 is 2.00 bits per heavy atom. The highest BCUT2D eigenvalue weighted by molar-refractivity contribution is 6.28. The van der Waals surface area contributed by atoms with E-state index in [2.05, 4.69) is 15.4 Å². The number of nitrogens with one attached hydrogen (secondary N) is 1. The van der Waals surface area contributed by atoms with Crippen LogP contribution < -0.4 is 5.32 Å². The first kappa shape index (κ1) is 19.3. The van der Waals surface area contributed by atoms with E-state index in [9.17, 15) is 18.0 Å². The van der Waals surface area contributed by atoms with Crippen molar-refractivity contribution in [3.63, 3.8) is 0 Å². The molecule has 0 aliphatic heterocycles. The van der Waals surface area contributed by atoms with Gasteiger partial charge < -0.3 is 10.1 Å². The highest BCUT2D eigenvalue weighted by Crippen LogP contribution is 2.47. The summed E-state index contributed by atoms with van der Waals surface area (Å²) in [7, 11) is 0. The molecule has 0 amide bonds. The van der Waals surface area contributed by atoms with E-state index < -0.39 is 11.7 Å². The van der Waals surface area contributed by atoms with Gasteiger partial charge in [-0.25, -0.2) is 4.52 Å². The molecular formula is C18H20ClF3N4O2. The Balaban J connectivity index is 1.71. The number of aromatic nitrogens is 3. The Morgan fingerprint density at radius 1 is 1.32 bits per heavy atom. The molecule has 152 valence electrons. The summed E-state index contributed by atoms with van der Waals surface area (Å²) in [5.74, 6) is 0.00946. The second kappa shape index (κ2) is 7.09. The van der Waals surface area contributed by atoms with E-state index in [1.807, 2.05) is 0 Å². The van der Waals surface area contributed by atoms with Crippen LogP contribution in [0.3, 0.4) is 0 Å². The van der Waals surface area contributed by atoms with Crippen molar-refractivity contribution in [3.8, 4) is 0 Å². The van der Waals surface area contributed by atoms with Gasteiger partial charge in [-0.15, -0.1) is 5.10 Å². The summed E-state index contributed by atoms with van der Waals surface area (Å²) < 4.78 is 45.7. The monoisotopic (exact) mass is 416 g/mol. The lowest BCUT2D eigenvalue weighted by Crippen LogP contribution is -2.52. The number of anilines is 1. The van der Waals surface area contributed by atoms with E-state index in [1.54, 1.807) is 6.92 Å². The zero-order valence-electron chi connectivity index (χ0n) is 15.2. The fourth-order valence-corrected chi connectivity index (χ4v) is 4.79.